The lowest BCUT2D eigenvalue weighted by atomic mass is 10.1. The monoisotopic (exact) mass is 349 g/mol. The van der Waals surface area contributed by atoms with Crippen molar-refractivity contribution >= 4 is 21.6 Å². The molecule has 1 aliphatic heterocycles. The first kappa shape index (κ1) is 16.4. The Hall–Kier alpha value is -2.42. The van der Waals surface area contributed by atoms with Crippen molar-refractivity contribution in [3.8, 4) is 0 Å². The van der Waals surface area contributed by atoms with Crippen LogP contribution in [0.1, 0.15) is 18.9 Å². The van der Waals surface area contributed by atoms with Crippen molar-refractivity contribution in [1.29, 1.82) is 0 Å². The lowest BCUT2D eigenvalue weighted by Crippen LogP contribution is -2.41. The van der Waals surface area contributed by atoms with Crippen LogP contribution in [0, 0.1) is 0 Å². The summed E-state index contributed by atoms with van der Waals surface area (Å²) in [4.78, 5) is 14.3. The normalized spacial score (nSPS) is 16.1. The molecule has 1 fully saturated rings. The van der Waals surface area contributed by atoms with Crippen molar-refractivity contribution in [2.45, 2.75) is 23.8 Å². The molecule has 0 saturated carbocycles. The van der Waals surface area contributed by atoms with Crippen LogP contribution in [0.3, 0.4) is 0 Å². The zero-order valence-electron chi connectivity index (χ0n) is 13.3. The molecule has 2 heterocycles. The van der Waals surface area contributed by atoms with Crippen LogP contribution in [0.25, 0.3) is 0 Å². The molecule has 0 spiro atoms. The summed E-state index contributed by atoms with van der Waals surface area (Å²) in [5, 5.41) is 10.4. The number of carbonyl (C=O) groups is 1. The third-order valence-corrected chi connectivity index (χ3v) is 5.27. The van der Waals surface area contributed by atoms with Crippen molar-refractivity contribution in [2.24, 2.45) is 0 Å². The van der Waals surface area contributed by atoms with Crippen molar-refractivity contribution in [1.82, 2.24) is 19.7 Å². The summed E-state index contributed by atoms with van der Waals surface area (Å²) in [6.07, 6.45) is 6.24. The maximum atomic E-state index is 12.3. The molecule has 1 N–H and O–H groups in total. The predicted octanol–water partition coefficient (Wildman–Crippen LogP) is 1.55. The number of piperidine rings is 1. The Bertz CT molecular complexity index is 794. The second-order valence-corrected chi connectivity index (χ2v) is 7.87. The molecule has 0 unspecified atom stereocenters. The summed E-state index contributed by atoms with van der Waals surface area (Å²) in [5.41, 5.74) is 0.577. The molecule has 128 valence electrons. The average Bonchev–Trinajstić information content (AvgIpc) is 3.09. The lowest BCUT2D eigenvalue weighted by Gasteiger charge is -2.32. The molecular formula is C15H19N5O3S. The van der Waals surface area contributed by atoms with Crippen LogP contribution in [-0.4, -0.2) is 53.5 Å². The molecule has 9 heteroatoms. The Morgan fingerprint density at radius 2 is 1.71 bits per heavy atom. The van der Waals surface area contributed by atoms with E-state index in [0.717, 1.165) is 19.1 Å². The minimum Gasteiger partial charge on any atom is -0.324 e. The molecule has 0 aliphatic carbocycles. The van der Waals surface area contributed by atoms with E-state index in [1.807, 2.05) is 4.57 Å². The molecule has 2 amide bonds. The van der Waals surface area contributed by atoms with Gasteiger partial charge in [-0.15, -0.1) is 10.2 Å². The summed E-state index contributed by atoms with van der Waals surface area (Å²) in [7, 11) is -3.23. The predicted molar refractivity (Wildman–Crippen MR) is 88.4 cm³/mol. The number of anilines is 1. The largest absolute Gasteiger partial charge is 0.324 e. The molecule has 8 nitrogen and oxygen atoms in total. The Labute approximate surface area is 140 Å². The fraction of sp³-hybridized carbons (Fsp3) is 0.400. The molecule has 1 aliphatic rings. The van der Waals surface area contributed by atoms with Gasteiger partial charge in [0.05, 0.1) is 4.90 Å². The highest BCUT2D eigenvalue weighted by Crippen LogP contribution is 2.22. The van der Waals surface area contributed by atoms with Crippen LogP contribution < -0.4 is 5.32 Å². The van der Waals surface area contributed by atoms with Gasteiger partial charge in [0.25, 0.3) is 0 Å². The summed E-state index contributed by atoms with van der Waals surface area (Å²) < 4.78 is 24.8. The van der Waals surface area contributed by atoms with Gasteiger partial charge in [-0.2, -0.15) is 0 Å². The van der Waals surface area contributed by atoms with Crippen molar-refractivity contribution in [2.75, 3.05) is 24.7 Å². The van der Waals surface area contributed by atoms with Gasteiger partial charge < -0.3 is 14.8 Å². The summed E-state index contributed by atoms with van der Waals surface area (Å²) >= 11 is 0. The molecule has 24 heavy (non-hydrogen) atoms. The van der Waals surface area contributed by atoms with Gasteiger partial charge in [0.15, 0.2) is 9.84 Å². The number of carbonyl (C=O) groups excluding carboxylic acids is 1. The van der Waals surface area contributed by atoms with E-state index in [1.54, 1.807) is 29.7 Å². The molecule has 2 aromatic rings. The number of sulfone groups is 1. The smallest absolute Gasteiger partial charge is 0.321 e. The van der Waals surface area contributed by atoms with Crippen LogP contribution in [0.4, 0.5) is 10.5 Å². The van der Waals surface area contributed by atoms with Gasteiger partial charge >= 0.3 is 6.03 Å². The summed E-state index contributed by atoms with van der Waals surface area (Å²) in [6, 6.07) is 6.31. The molecule has 0 bridgehead atoms. The lowest BCUT2D eigenvalue weighted by molar-refractivity contribution is 0.183. The summed E-state index contributed by atoms with van der Waals surface area (Å²) in [5.74, 6) is 0. The second-order valence-electron chi connectivity index (χ2n) is 5.85. The third-order valence-electron chi connectivity index (χ3n) is 4.14. The van der Waals surface area contributed by atoms with E-state index in [1.165, 1.54) is 12.1 Å². The van der Waals surface area contributed by atoms with E-state index in [2.05, 4.69) is 15.5 Å². The number of urea groups is 1. The molecule has 1 aromatic carbocycles. The van der Waals surface area contributed by atoms with Crippen LogP contribution >= 0.6 is 0 Å². The first-order chi connectivity index (χ1) is 11.4. The topological polar surface area (TPSA) is 97.2 Å². The van der Waals surface area contributed by atoms with Crippen molar-refractivity contribution in [3.63, 3.8) is 0 Å². The third kappa shape index (κ3) is 3.73. The Kier molecular flexibility index (Phi) is 4.52. The molecule has 1 aromatic heterocycles. The number of benzene rings is 1. The Balaban J connectivity index is 1.56. The first-order valence-electron chi connectivity index (χ1n) is 7.63. The van der Waals surface area contributed by atoms with Crippen LogP contribution in [0.5, 0.6) is 0 Å². The summed E-state index contributed by atoms with van der Waals surface area (Å²) in [6.45, 7) is 1.30. The quantitative estimate of drug-likeness (QED) is 0.907. The van der Waals surface area contributed by atoms with Gasteiger partial charge in [0, 0.05) is 31.1 Å². The van der Waals surface area contributed by atoms with Gasteiger partial charge in [-0.05, 0) is 37.1 Å². The van der Waals surface area contributed by atoms with Crippen LogP contribution in [0.15, 0.2) is 41.8 Å². The average molecular weight is 349 g/mol. The number of likely N-dealkylation sites (tertiary alicyclic amines) is 1. The van der Waals surface area contributed by atoms with Gasteiger partial charge in [-0.1, -0.05) is 0 Å². The standard InChI is InChI=1S/C15H19N5O3S/c1-24(22,23)14-4-2-12(3-5-14)18-15(21)19-8-6-13(7-9-19)20-10-16-17-11-20/h2-5,10-11,13H,6-9H2,1H3,(H,18,21). The van der Waals surface area contributed by atoms with E-state index in [0.29, 0.717) is 24.8 Å². The van der Waals surface area contributed by atoms with Gasteiger partial charge in [0.1, 0.15) is 12.7 Å². The van der Waals surface area contributed by atoms with E-state index >= 15 is 0 Å². The zero-order chi connectivity index (χ0) is 17.2. The zero-order valence-corrected chi connectivity index (χ0v) is 14.1. The molecular weight excluding hydrogens is 330 g/mol. The fourth-order valence-corrected chi connectivity index (χ4v) is 3.38. The number of nitrogens with one attached hydrogen (secondary N) is 1. The number of rotatable bonds is 3. The van der Waals surface area contributed by atoms with E-state index in [9.17, 15) is 13.2 Å². The highest BCUT2D eigenvalue weighted by Gasteiger charge is 2.23. The van der Waals surface area contributed by atoms with Gasteiger partial charge in [0.2, 0.25) is 0 Å². The van der Waals surface area contributed by atoms with E-state index in [4.69, 9.17) is 0 Å². The minimum atomic E-state index is -3.23. The number of amides is 2. The van der Waals surface area contributed by atoms with E-state index < -0.39 is 9.84 Å². The van der Waals surface area contributed by atoms with Crippen LogP contribution in [-0.2, 0) is 9.84 Å². The highest BCUT2D eigenvalue weighted by atomic mass is 32.2. The minimum absolute atomic E-state index is 0.177. The second kappa shape index (κ2) is 6.60. The van der Waals surface area contributed by atoms with Crippen LogP contribution in [0.2, 0.25) is 0 Å². The van der Waals surface area contributed by atoms with Gasteiger partial charge in [-0.25, -0.2) is 13.2 Å². The first-order valence-corrected chi connectivity index (χ1v) is 9.53. The molecule has 0 atom stereocenters. The number of hydrogen-bond donors (Lipinski definition) is 1. The van der Waals surface area contributed by atoms with Gasteiger partial charge in [-0.3, -0.25) is 0 Å². The Morgan fingerprint density at radius 1 is 1.12 bits per heavy atom. The van der Waals surface area contributed by atoms with E-state index in [-0.39, 0.29) is 10.9 Å². The van der Waals surface area contributed by atoms with Crippen molar-refractivity contribution in [3.05, 3.63) is 36.9 Å². The van der Waals surface area contributed by atoms with Crippen molar-refractivity contribution < 1.29 is 13.2 Å². The fourth-order valence-electron chi connectivity index (χ4n) is 2.75. The number of aromatic nitrogens is 3. The highest BCUT2D eigenvalue weighted by molar-refractivity contribution is 7.90. The SMILES string of the molecule is CS(=O)(=O)c1ccc(NC(=O)N2CCC(n3cnnc3)CC2)cc1. The Morgan fingerprint density at radius 3 is 2.25 bits per heavy atom. The molecule has 1 saturated heterocycles. The number of nitrogens with zero attached hydrogens (tertiary/aromatic N) is 4. The molecule has 0 radical (unpaired) electrons. The maximum Gasteiger partial charge on any atom is 0.321 e. The maximum absolute atomic E-state index is 12.3. The molecule has 3 rings (SSSR count). The number of hydrogen-bond acceptors (Lipinski definition) is 5.